The van der Waals surface area contributed by atoms with E-state index >= 15 is 0 Å². The van der Waals surface area contributed by atoms with Crippen LogP contribution in [0.25, 0.3) is 0 Å². The number of ether oxygens (including phenoxy) is 2. The van der Waals surface area contributed by atoms with E-state index in [4.69, 9.17) is 26.8 Å². The number of rotatable bonds is 6. The maximum atomic E-state index is 11.7. The number of nitrogens with one attached hydrogen (secondary N) is 1. The number of halogens is 1. The van der Waals surface area contributed by atoms with E-state index < -0.39 is 6.04 Å². The first-order valence-corrected chi connectivity index (χ1v) is 6.33. The third kappa shape index (κ3) is 5.06. The molecule has 5 nitrogen and oxygen atoms in total. The molecule has 1 amide bonds. The van der Waals surface area contributed by atoms with Crippen LogP contribution < -0.4 is 15.8 Å². The van der Waals surface area contributed by atoms with Gasteiger partial charge in [0.05, 0.1) is 17.7 Å². The van der Waals surface area contributed by atoms with E-state index in [0.29, 0.717) is 16.5 Å². The van der Waals surface area contributed by atoms with Crippen LogP contribution in [0.5, 0.6) is 5.75 Å². The van der Waals surface area contributed by atoms with E-state index in [1.165, 1.54) is 7.11 Å². The van der Waals surface area contributed by atoms with Crippen LogP contribution in [0, 0.1) is 0 Å². The zero-order valence-electron chi connectivity index (χ0n) is 11.3. The summed E-state index contributed by atoms with van der Waals surface area (Å²) in [4.78, 5) is 11.7. The van der Waals surface area contributed by atoms with E-state index in [9.17, 15) is 4.79 Å². The van der Waals surface area contributed by atoms with E-state index in [1.54, 1.807) is 18.2 Å². The van der Waals surface area contributed by atoms with Gasteiger partial charge in [0.2, 0.25) is 5.91 Å². The van der Waals surface area contributed by atoms with Crippen molar-refractivity contribution < 1.29 is 14.3 Å². The lowest BCUT2D eigenvalue weighted by Crippen LogP contribution is -2.39. The molecule has 0 aliphatic rings. The Balaban J connectivity index is 2.70. The molecule has 6 heteroatoms. The Hall–Kier alpha value is -1.30. The fourth-order valence-electron chi connectivity index (χ4n) is 1.42. The van der Waals surface area contributed by atoms with Gasteiger partial charge in [-0.25, -0.2) is 0 Å². The largest absolute Gasteiger partial charge is 0.489 e. The van der Waals surface area contributed by atoms with E-state index in [-0.39, 0.29) is 18.6 Å². The first-order chi connectivity index (χ1) is 8.93. The molecular weight excluding hydrogens is 268 g/mol. The number of anilines is 1. The Kier molecular flexibility index (Phi) is 6.08. The van der Waals surface area contributed by atoms with Crippen molar-refractivity contribution in [3.63, 3.8) is 0 Å². The van der Waals surface area contributed by atoms with Crippen molar-refractivity contribution in [1.82, 2.24) is 0 Å². The van der Waals surface area contributed by atoms with Gasteiger partial charge in [0.1, 0.15) is 11.8 Å². The van der Waals surface area contributed by atoms with Crippen LogP contribution in [0.2, 0.25) is 5.02 Å². The van der Waals surface area contributed by atoms with Crippen LogP contribution in [0.15, 0.2) is 18.2 Å². The summed E-state index contributed by atoms with van der Waals surface area (Å²) in [5.41, 5.74) is 6.18. The molecular formula is C13H19ClN2O3. The summed E-state index contributed by atoms with van der Waals surface area (Å²) >= 11 is 6.07. The maximum Gasteiger partial charge on any atom is 0.243 e. The molecule has 1 aromatic rings. The van der Waals surface area contributed by atoms with Gasteiger partial charge in [0.15, 0.2) is 0 Å². The molecule has 0 saturated heterocycles. The standard InChI is InChI=1S/C13H19ClN2O3/c1-8(2)19-12-5-4-9(6-10(12)14)16-13(17)11(15)7-18-3/h4-6,8,11H,7,15H2,1-3H3,(H,16,17). The number of hydrogen-bond donors (Lipinski definition) is 2. The van der Waals surface area contributed by atoms with Gasteiger partial charge in [-0.2, -0.15) is 0 Å². The van der Waals surface area contributed by atoms with Crippen molar-refractivity contribution in [2.24, 2.45) is 5.73 Å². The predicted octanol–water partition coefficient (Wildman–Crippen LogP) is 2.04. The highest BCUT2D eigenvalue weighted by Gasteiger charge is 2.14. The van der Waals surface area contributed by atoms with E-state index in [0.717, 1.165) is 0 Å². The number of nitrogens with two attached hydrogens (primary N) is 1. The summed E-state index contributed by atoms with van der Waals surface area (Å²) in [7, 11) is 1.49. The summed E-state index contributed by atoms with van der Waals surface area (Å²) in [5.74, 6) is 0.256. The minimum Gasteiger partial charge on any atom is -0.489 e. The lowest BCUT2D eigenvalue weighted by atomic mass is 10.2. The summed E-state index contributed by atoms with van der Waals surface area (Å²) in [5, 5.41) is 3.10. The zero-order valence-corrected chi connectivity index (χ0v) is 12.0. The Morgan fingerprint density at radius 2 is 2.16 bits per heavy atom. The summed E-state index contributed by atoms with van der Waals surface area (Å²) in [6.07, 6.45) is 0.0352. The van der Waals surface area contributed by atoms with E-state index in [2.05, 4.69) is 5.32 Å². The fourth-order valence-corrected chi connectivity index (χ4v) is 1.64. The molecule has 19 heavy (non-hydrogen) atoms. The smallest absolute Gasteiger partial charge is 0.243 e. The van der Waals surface area contributed by atoms with Crippen molar-refractivity contribution in [3.8, 4) is 5.75 Å². The molecule has 0 radical (unpaired) electrons. The molecule has 1 rings (SSSR count). The first kappa shape index (κ1) is 15.8. The van der Waals surface area contributed by atoms with Crippen molar-refractivity contribution in [2.45, 2.75) is 26.0 Å². The molecule has 0 fully saturated rings. The number of amides is 1. The zero-order chi connectivity index (χ0) is 14.4. The highest BCUT2D eigenvalue weighted by Crippen LogP contribution is 2.28. The minimum atomic E-state index is -0.713. The molecule has 0 saturated carbocycles. The molecule has 1 unspecified atom stereocenters. The predicted molar refractivity (Wildman–Crippen MR) is 75.7 cm³/mol. The van der Waals surface area contributed by atoms with Crippen LogP contribution in [0.4, 0.5) is 5.69 Å². The molecule has 0 aliphatic carbocycles. The molecule has 1 atom stereocenters. The highest BCUT2D eigenvalue weighted by molar-refractivity contribution is 6.32. The van der Waals surface area contributed by atoms with Crippen molar-refractivity contribution in [1.29, 1.82) is 0 Å². The van der Waals surface area contributed by atoms with Crippen LogP contribution in [0.1, 0.15) is 13.8 Å². The quantitative estimate of drug-likeness (QED) is 0.839. The SMILES string of the molecule is COCC(N)C(=O)Nc1ccc(OC(C)C)c(Cl)c1. The lowest BCUT2D eigenvalue weighted by Gasteiger charge is -2.14. The van der Waals surface area contributed by atoms with Crippen molar-refractivity contribution in [3.05, 3.63) is 23.2 Å². The number of carbonyl (C=O) groups is 1. The highest BCUT2D eigenvalue weighted by atomic mass is 35.5. The number of hydrogen-bond acceptors (Lipinski definition) is 4. The lowest BCUT2D eigenvalue weighted by molar-refractivity contribution is -0.118. The topological polar surface area (TPSA) is 73.6 Å². The van der Waals surface area contributed by atoms with E-state index in [1.807, 2.05) is 13.8 Å². The van der Waals surface area contributed by atoms with Crippen LogP contribution in [-0.2, 0) is 9.53 Å². The number of methoxy groups -OCH3 is 1. The average Bonchev–Trinajstić information content (AvgIpc) is 2.32. The van der Waals surface area contributed by atoms with Gasteiger partial charge in [0.25, 0.3) is 0 Å². The molecule has 1 aromatic carbocycles. The molecule has 0 aliphatic heterocycles. The minimum absolute atomic E-state index is 0.0352. The second-order valence-corrected chi connectivity index (χ2v) is 4.77. The fraction of sp³-hybridized carbons (Fsp3) is 0.462. The monoisotopic (exact) mass is 286 g/mol. The molecule has 3 N–H and O–H groups in total. The van der Waals surface area contributed by atoms with Gasteiger partial charge in [0, 0.05) is 12.8 Å². The van der Waals surface area contributed by atoms with Crippen molar-refractivity contribution >= 4 is 23.2 Å². The van der Waals surface area contributed by atoms with Crippen LogP contribution >= 0.6 is 11.6 Å². The number of carbonyl (C=O) groups excluding carboxylic acids is 1. The van der Waals surface area contributed by atoms with Gasteiger partial charge in [-0.15, -0.1) is 0 Å². The Bertz CT molecular complexity index is 438. The van der Waals surface area contributed by atoms with Gasteiger partial charge in [-0.05, 0) is 32.0 Å². The van der Waals surface area contributed by atoms with Gasteiger partial charge < -0.3 is 20.5 Å². The third-order valence-electron chi connectivity index (χ3n) is 2.25. The maximum absolute atomic E-state index is 11.7. The molecule has 0 aromatic heterocycles. The van der Waals surface area contributed by atoms with Gasteiger partial charge in [-0.3, -0.25) is 4.79 Å². The van der Waals surface area contributed by atoms with Crippen LogP contribution in [-0.4, -0.2) is 31.8 Å². The van der Waals surface area contributed by atoms with Crippen molar-refractivity contribution in [2.75, 3.05) is 19.0 Å². The number of benzene rings is 1. The molecule has 106 valence electrons. The first-order valence-electron chi connectivity index (χ1n) is 5.95. The van der Waals surface area contributed by atoms with Gasteiger partial charge in [-0.1, -0.05) is 11.6 Å². The summed E-state index contributed by atoms with van der Waals surface area (Å²) in [6, 6.07) is 4.33. The Labute approximate surface area is 118 Å². The third-order valence-corrected chi connectivity index (χ3v) is 2.54. The van der Waals surface area contributed by atoms with Gasteiger partial charge >= 0.3 is 0 Å². The summed E-state index contributed by atoms with van der Waals surface area (Å²) in [6.45, 7) is 3.99. The molecule has 0 spiro atoms. The molecule has 0 heterocycles. The summed E-state index contributed by atoms with van der Waals surface area (Å²) < 4.78 is 10.3. The second-order valence-electron chi connectivity index (χ2n) is 4.36. The van der Waals surface area contributed by atoms with Crippen LogP contribution in [0.3, 0.4) is 0 Å². The average molecular weight is 287 g/mol. The normalized spacial score (nSPS) is 12.3. The Morgan fingerprint density at radius 3 is 2.68 bits per heavy atom. The molecule has 0 bridgehead atoms. The second kappa shape index (κ2) is 7.33. The Morgan fingerprint density at radius 1 is 1.47 bits per heavy atom.